The standard InChI is InChI=1S/C23H27N3OS/c1-17(13-14-19-9-5-3-6-10-19)25-22(27)21-18(2)26-23(28-21)24-16-15-20-11-7-4-8-12-20/h3-12,17H,13-16H2,1-2H3,(H,24,26)(H,25,27)/t17-/m0/s1. The van der Waals surface area contributed by atoms with Crippen LogP contribution in [0.1, 0.15) is 39.8 Å². The van der Waals surface area contributed by atoms with E-state index < -0.39 is 0 Å². The SMILES string of the molecule is Cc1nc(NCCc2ccccc2)sc1C(=O)N[C@@H](C)CCc1ccccc1. The van der Waals surface area contributed by atoms with Crippen molar-refractivity contribution >= 4 is 22.4 Å². The van der Waals surface area contributed by atoms with Gasteiger partial charge in [0.1, 0.15) is 4.88 Å². The van der Waals surface area contributed by atoms with E-state index in [1.54, 1.807) is 0 Å². The van der Waals surface area contributed by atoms with Crippen LogP contribution in [0.4, 0.5) is 5.13 Å². The van der Waals surface area contributed by atoms with Gasteiger partial charge in [-0.3, -0.25) is 4.79 Å². The van der Waals surface area contributed by atoms with E-state index in [0.29, 0.717) is 4.88 Å². The monoisotopic (exact) mass is 393 g/mol. The molecular weight excluding hydrogens is 366 g/mol. The molecule has 1 aromatic heterocycles. The van der Waals surface area contributed by atoms with Crippen molar-refractivity contribution in [1.82, 2.24) is 10.3 Å². The minimum atomic E-state index is -0.0355. The zero-order valence-electron chi connectivity index (χ0n) is 16.4. The Morgan fingerprint density at radius 1 is 1.00 bits per heavy atom. The van der Waals surface area contributed by atoms with E-state index in [9.17, 15) is 4.79 Å². The number of nitrogens with one attached hydrogen (secondary N) is 2. The molecule has 2 aromatic carbocycles. The molecule has 4 nitrogen and oxygen atoms in total. The summed E-state index contributed by atoms with van der Waals surface area (Å²) >= 11 is 1.42. The second-order valence-electron chi connectivity index (χ2n) is 6.99. The fraction of sp³-hybridized carbons (Fsp3) is 0.304. The van der Waals surface area contributed by atoms with Gasteiger partial charge in [-0.2, -0.15) is 0 Å². The van der Waals surface area contributed by atoms with Crippen molar-refractivity contribution in [3.05, 3.63) is 82.4 Å². The summed E-state index contributed by atoms with van der Waals surface area (Å²) in [6.07, 6.45) is 2.80. The molecule has 28 heavy (non-hydrogen) atoms. The number of aromatic nitrogens is 1. The van der Waals surface area contributed by atoms with Gasteiger partial charge in [-0.25, -0.2) is 4.98 Å². The van der Waals surface area contributed by atoms with Crippen LogP contribution in [0.2, 0.25) is 0 Å². The summed E-state index contributed by atoms with van der Waals surface area (Å²) in [6, 6.07) is 20.8. The third-order valence-electron chi connectivity index (χ3n) is 4.62. The van der Waals surface area contributed by atoms with Gasteiger partial charge >= 0.3 is 0 Å². The number of nitrogens with zero attached hydrogens (tertiary/aromatic N) is 1. The molecule has 0 radical (unpaired) electrons. The molecule has 0 spiro atoms. The number of anilines is 1. The Kier molecular flexibility index (Phi) is 7.20. The first-order valence-corrected chi connectivity index (χ1v) is 10.5. The number of amides is 1. The topological polar surface area (TPSA) is 54.0 Å². The summed E-state index contributed by atoms with van der Waals surface area (Å²) < 4.78 is 0. The lowest BCUT2D eigenvalue weighted by Gasteiger charge is -2.13. The molecule has 3 aromatic rings. The summed E-state index contributed by atoms with van der Waals surface area (Å²) in [4.78, 5) is 17.8. The number of hydrogen-bond acceptors (Lipinski definition) is 4. The van der Waals surface area contributed by atoms with Crippen LogP contribution in [0, 0.1) is 6.92 Å². The lowest BCUT2D eigenvalue weighted by molar-refractivity contribution is 0.0942. The molecule has 0 bridgehead atoms. The summed E-state index contributed by atoms with van der Waals surface area (Å²) in [5.74, 6) is -0.0355. The zero-order valence-corrected chi connectivity index (χ0v) is 17.3. The van der Waals surface area contributed by atoms with E-state index in [0.717, 1.165) is 36.6 Å². The maximum absolute atomic E-state index is 12.6. The highest BCUT2D eigenvalue weighted by molar-refractivity contribution is 7.17. The fourth-order valence-electron chi connectivity index (χ4n) is 3.03. The first-order chi connectivity index (χ1) is 13.6. The number of thiazole rings is 1. The molecule has 0 aliphatic carbocycles. The Bertz CT molecular complexity index is 877. The molecule has 3 rings (SSSR count). The number of benzene rings is 2. The van der Waals surface area contributed by atoms with Crippen LogP contribution in [0.3, 0.4) is 0 Å². The van der Waals surface area contributed by atoms with E-state index in [4.69, 9.17) is 0 Å². The fourth-order valence-corrected chi connectivity index (χ4v) is 3.93. The lowest BCUT2D eigenvalue weighted by atomic mass is 10.1. The Hall–Kier alpha value is -2.66. The average molecular weight is 394 g/mol. The Balaban J connectivity index is 1.48. The molecule has 5 heteroatoms. The lowest BCUT2D eigenvalue weighted by Crippen LogP contribution is -2.32. The van der Waals surface area contributed by atoms with Gasteiger partial charge in [-0.1, -0.05) is 72.0 Å². The third-order valence-corrected chi connectivity index (χ3v) is 5.74. The molecule has 0 aliphatic heterocycles. The van der Waals surface area contributed by atoms with Gasteiger partial charge in [0.25, 0.3) is 5.91 Å². The van der Waals surface area contributed by atoms with Crippen LogP contribution in [0.15, 0.2) is 60.7 Å². The molecule has 2 N–H and O–H groups in total. The van der Waals surface area contributed by atoms with Crippen LogP contribution in [-0.4, -0.2) is 23.5 Å². The van der Waals surface area contributed by atoms with Crippen molar-refractivity contribution < 1.29 is 4.79 Å². The predicted octanol–water partition coefficient (Wildman–Crippen LogP) is 4.86. The van der Waals surface area contributed by atoms with E-state index >= 15 is 0 Å². The van der Waals surface area contributed by atoms with Gasteiger partial charge in [-0.05, 0) is 44.2 Å². The minimum absolute atomic E-state index is 0.0355. The van der Waals surface area contributed by atoms with Crippen molar-refractivity contribution in [2.24, 2.45) is 0 Å². The smallest absolute Gasteiger partial charge is 0.263 e. The van der Waals surface area contributed by atoms with Gasteiger partial charge in [-0.15, -0.1) is 0 Å². The second kappa shape index (κ2) is 10.0. The van der Waals surface area contributed by atoms with Crippen molar-refractivity contribution in [2.75, 3.05) is 11.9 Å². The van der Waals surface area contributed by atoms with Crippen LogP contribution in [-0.2, 0) is 12.8 Å². The summed E-state index contributed by atoms with van der Waals surface area (Å²) in [5.41, 5.74) is 3.36. The number of hydrogen-bond donors (Lipinski definition) is 2. The number of carbonyl (C=O) groups is 1. The quantitative estimate of drug-likeness (QED) is 0.546. The summed E-state index contributed by atoms with van der Waals surface area (Å²) in [5, 5.41) is 7.24. The normalized spacial score (nSPS) is 11.8. The maximum Gasteiger partial charge on any atom is 0.263 e. The molecule has 1 amide bonds. The highest BCUT2D eigenvalue weighted by atomic mass is 32.1. The zero-order chi connectivity index (χ0) is 19.8. The van der Waals surface area contributed by atoms with Crippen molar-refractivity contribution in [1.29, 1.82) is 0 Å². The molecule has 0 fully saturated rings. The Labute approximate surface area is 171 Å². The van der Waals surface area contributed by atoms with Gasteiger partial charge in [0, 0.05) is 12.6 Å². The molecule has 1 heterocycles. The second-order valence-corrected chi connectivity index (χ2v) is 7.99. The molecule has 0 unspecified atom stereocenters. The molecule has 0 saturated heterocycles. The highest BCUT2D eigenvalue weighted by Gasteiger charge is 2.17. The van der Waals surface area contributed by atoms with E-state index in [1.165, 1.54) is 22.5 Å². The maximum atomic E-state index is 12.6. The Morgan fingerprint density at radius 2 is 1.61 bits per heavy atom. The van der Waals surface area contributed by atoms with Crippen LogP contribution in [0.25, 0.3) is 0 Å². The molecule has 0 aliphatic rings. The summed E-state index contributed by atoms with van der Waals surface area (Å²) in [7, 11) is 0. The van der Waals surface area contributed by atoms with Crippen molar-refractivity contribution in [3.63, 3.8) is 0 Å². The van der Waals surface area contributed by atoms with E-state index in [2.05, 4.69) is 46.8 Å². The highest BCUT2D eigenvalue weighted by Crippen LogP contribution is 2.22. The van der Waals surface area contributed by atoms with Crippen LogP contribution >= 0.6 is 11.3 Å². The molecule has 1 atom stereocenters. The van der Waals surface area contributed by atoms with Gasteiger partial charge < -0.3 is 10.6 Å². The first-order valence-electron chi connectivity index (χ1n) is 9.72. The van der Waals surface area contributed by atoms with Crippen molar-refractivity contribution in [2.45, 2.75) is 39.2 Å². The number of rotatable bonds is 9. The van der Waals surface area contributed by atoms with Crippen molar-refractivity contribution in [3.8, 4) is 0 Å². The van der Waals surface area contributed by atoms with E-state index in [1.807, 2.05) is 43.3 Å². The van der Waals surface area contributed by atoms with Crippen LogP contribution in [0.5, 0.6) is 0 Å². The average Bonchev–Trinajstić information content (AvgIpc) is 3.08. The predicted molar refractivity (Wildman–Crippen MR) is 117 cm³/mol. The Morgan fingerprint density at radius 3 is 2.25 bits per heavy atom. The number of aryl methyl sites for hydroxylation is 2. The van der Waals surface area contributed by atoms with Crippen LogP contribution < -0.4 is 10.6 Å². The minimum Gasteiger partial charge on any atom is -0.361 e. The van der Waals surface area contributed by atoms with E-state index in [-0.39, 0.29) is 11.9 Å². The largest absolute Gasteiger partial charge is 0.361 e. The van der Waals surface area contributed by atoms with Gasteiger partial charge in [0.15, 0.2) is 5.13 Å². The number of carbonyl (C=O) groups excluding carboxylic acids is 1. The third kappa shape index (κ3) is 5.92. The molecule has 0 saturated carbocycles. The summed E-state index contributed by atoms with van der Waals surface area (Å²) in [6.45, 7) is 4.74. The van der Waals surface area contributed by atoms with Gasteiger partial charge in [0.05, 0.1) is 5.69 Å². The molecular formula is C23H27N3OS. The van der Waals surface area contributed by atoms with Gasteiger partial charge in [0.2, 0.25) is 0 Å². The first kappa shape index (κ1) is 20.1. The molecule has 146 valence electrons.